The molecule has 4 aromatic rings. The van der Waals surface area contributed by atoms with E-state index in [4.69, 9.17) is 9.73 Å². The molecule has 0 N–H and O–H groups in total. The summed E-state index contributed by atoms with van der Waals surface area (Å²) in [6.07, 6.45) is 1.87. The van der Waals surface area contributed by atoms with Gasteiger partial charge in [-0.15, -0.1) is 0 Å². The van der Waals surface area contributed by atoms with Gasteiger partial charge in [0.05, 0.1) is 16.3 Å². The number of aryl methyl sites for hydroxylation is 2. The van der Waals surface area contributed by atoms with E-state index in [0.717, 1.165) is 33.6 Å². The molecule has 6 heteroatoms. The van der Waals surface area contributed by atoms with Crippen LogP contribution in [-0.4, -0.2) is 11.1 Å². The Morgan fingerprint density at radius 3 is 2.11 bits per heavy atom. The molecule has 1 aliphatic rings. The van der Waals surface area contributed by atoms with Gasteiger partial charge in [0.1, 0.15) is 18.2 Å². The van der Waals surface area contributed by atoms with Crippen LogP contribution < -0.4 is 9.64 Å². The first kappa shape index (κ1) is 24.5. The summed E-state index contributed by atoms with van der Waals surface area (Å²) in [6, 6.07) is 29.5. The molecular weight excluding hydrogens is 483 g/mol. The number of anilines is 1. The lowest BCUT2D eigenvalue weighted by atomic mass is 10.2. The van der Waals surface area contributed by atoms with Crippen molar-refractivity contribution in [2.24, 2.45) is 4.99 Å². The maximum Gasteiger partial charge on any atom is 0.271 e. The number of amidine groups is 1. The average Bonchev–Trinajstić information content (AvgIpc) is 3.20. The number of aliphatic imine (C=N–C) groups is 1. The SMILES string of the molecule is Cc1ccc(N=C2S/C(=C/c3ccc(OCc4ccc(F)cc4)cc3)C(=O)N2c2ccc(C)cc2)cc1. The van der Waals surface area contributed by atoms with Crippen molar-refractivity contribution in [3.63, 3.8) is 0 Å². The van der Waals surface area contributed by atoms with Gasteiger partial charge in [-0.1, -0.05) is 59.7 Å². The van der Waals surface area contributed by atoms with Gasteiger partial charge in [0.2, 0.25) is 0 Å². The average molecular weight is 509 g/mol. The summed E-state index contributed by atoms with van der Waals surface area (Å²) >= 11 is 1.36. The predicted octanol–water partition coefficient (Wildman–Crippen LogP) is 7.83. The Morgan fingerprint density at radius 1 is 0.838 bits per heavy atom. The summed E-state index contributed by atoms with van der Waals surface area (Å²) < 4.78 is 18.9. The minimum absolute atomic E-state index is 0.114. The summed E-state index contributed by atoms with van der Waals surface area (Å²) in [5.74, 6) is 0.310. The second-order valence-electron chi connectivity index (χ2n) is 8.80. The Balaban J connectivity index is 1.38. The van der Waals surface area contributed by atoms with Crippen molar-refractivity contribution >= 4 is 40.3 Å². The van der Waals surface area contributed by atoms with Crippen LogP contribution in [0.25, 0.3) is 6.08 Å². The van der Waals surface area contributed by atoms with Crippen molar-refractivity contribution in [3.8, 4) is 5.75 Å². The zero-order chi connectivity index (χ0) is 25.8. The van der Waals surface area contributed by atoms with Crippen molar-refractivity contribution in [1.29, 1.82) is 0 Å². The fraction of sp³-hybridized carbons (Fsp3) is 0.0968. The summed E-state index contributed by atoms with van der Waals surface area (Å²) in [5.41, 5.74) is 5.61. The third kappa shape index (κ3) is 5.98. The van der Waals surface area contributed by atoms with Gasteiger partial charge < -0.3 is 4.74 Å². The van der Waals surface area contributed by atoms with Crippen LogP contribution in [0.1, 0.15) is 22.3 Å². The molecule has 4 nitrogen and oxygen atoms in total. The normalized spacial score (nSPS) is 15.5. The highest BCUT2D eigenvalue weighted by Crippen LogP contribution is 2.37. The first-order valence-electron chi connectivity index (χ1n) is 11.9. The molecule has 4 aromatic carbocycles. The van der Waals surface area contributed by atoms with Gasteiger partial charge >= 0.3 is 0 Å². The molecular formula is C31H25FN2O2S. The number of rotatable bonds is 6. The van der Waals surface area contributed by atoms with Crippen LogP contribution in [0.2, 0.25) is 0 Å². The second kappa shape index (κ2) is 10.8. The largest absolute Gasteiger partial charge is 0.489 e. The van der Waals surface area contributed by atoms with Crippen LogP contribution in [0, 0.1) is 19.7 Å². The molecule has 37 heavy (non-hydrogen) atoms. The van der Waals surface area contributed by atoms with Gasteiger partial charge in [-0.3, -0.25) is 9.69 Å². The van der Waals surface area contributed by atoms with Crippen molar-refractivity contribution in [1.82, 2.24) is 0 Å². The fourth-order valence-corrected chi connectivity index (χ4v) is 4.76. The first-order chi connectivity index (χ1) is 17.9. The Hall–Kier alpha value is -4.16. The molecule has 1 fully saturated rings. The van der Waals surface area contributed by atoms with Crippen LogP contribution in [-0.2, 0) is 11.4 Å². The van der Waals surface area contributed by atoms with E-state index in [1.807, 2.05) is 92.7 Å². The molecule has 1 heterocycles. The Morgan fingerprint density at radius 2 is 1.46 bits per heavy atom. The summed E-state index contributed by atoms with van der Waals surface area (Å²) in [7, 11) is 0. The smallest absolute Gasteiger partial charge is 0.271 e. The third-order valence-corrected chi connectivity index (χ3v) is 6.82. The number of thioether (sulfide) groups is 1. The van der Waals surface area contributed by atoms with E-state index in [1.165, 1.54) is 23.9 Å². The van der Waals surface area contributed by atoms with Crippen LogP contribution in [0.5, 0.6) is 5.75 Å². The molecule has 0 radical (unpaired) electrons. The predicted molar refractivity (Wildman–Crippen MR) is 150 cm³/mol. The topological polar surface area (TPSA) is 41.9 Å². The molecule has 5 rings (SSSR count). The molecule has 1 saturated heterocycles. The molecule has 0 saturated carbocycles. The molecule has 0 aromatic heterocycles. The maximum absolute atomic E-state index is 13.5. The lowest BCUT2D eigenvalue weighted by Gasteiger charge is -2.16. The van der Waals surface area contributed by atoms with Gasteiger partial charge in [0.15, 0.2) is 5.17 Å². The number of amides is 1. The van der Waals surface area contributed by atoms with E-state index >= 15 is 0 Å². The van der Waals surface area contributed by atoms with E-state index in [1.54, 1.807) is 17.0 Å². The lowest BCUT2D eigenvalue weighted by molar-refractivity contribution is -0.113. The minimum Gasteiger partial charge on any atom is -0.489 e. The fourth-order valence-electron chi connectivity index (χ4n) is 3.76. The Kier molecular flexibility index (Phi) is 7.19. The summed E-state index contributed by atoms with van der Waals surface area (Å²) in [5, 5.41) is 0.614. The number of hydrogen-bond acceptors (Lipinski definition) is 4. The van der Waals surface area contributed by atoms with Gasteiger partial charge in [-0.05, 0) is 91.3 Å². The van der Waals surface area contributed by atoms with Gasteiger partial charge in [0, 0.05) is 0 Å². The molecule has 184 valence electrons. The zero-order valence-corrected chi connectivity index (χ0v) is 21.3. The molecule has 1 amide bonds. The Labute approximate surface area is 220 Å². The number of ether oxygens (including phenoxy) is 1. The van der Waals surface area contributed by atoms with Crippen LogP contribution in [0.4, 0.5) is 15.8 Å². The summed E-state index contributed by atoms with van der Waals surface area (Å²) in [6.45, 7) is 4.40. The monoisotopic (exact) mass is 508 g/mol. The van der Waals surface area contributed by atoms with Crippen LogP contribution >= 0.6 is 11.8 Å². The molecule has 0 bridgehead atoms. The van der Waals surface area contributed by atoms with E-state index < -0.39 is 0 Å². The van der Waals surface area contributed by atoms with E-state index in [-0.39, 0.29) is 11.7 Å². The number of halogens is 1. The van der Waals surface area contributed by atoms with Gasteiger partial charge in [0.25, 0.3) is 5.91 Å². The summed E-state index contributed by atoms with van der Waals surface area (Å²) in [4.78, 5) is 20.6. The maximum atomic E-state index is 13.5. The standard InChI is InChI=1S/C31H25FN2O2S/c1-21-3-13-26(14-4-21)33-31-34(27-15-5-22(2)6-16-27)30(35)29(37-31)19-23-9-17-28(18-10-23)36-20-24-7-11-25(32)12-8-24/h3-19H,20H2,1-2H3/b29-19+,33-31?. The highest BCUT2D eigenvalue weighted by molar-refractivity contribution is 8.19. The molecule has 0 atom stereocenters. The third-order valence-electron chi connectivity index (χ3n) is 5.85. The highest BCUT2D eigenvalue weighted by atomic mass is 32.2. The second-order valence-corrected chi connectivity index (χ2v) is 9.81. The van der Waals surface area contributed by atoms with Gasteiger partial charge in [-0.25, -0.2) is 9.38 Å². The number of carbonyl (C=O) groups excluding carboxylic acids is 1. The van der Waals surface area contributed by atoms with Crippen molar-refractivity contribution in [3.05, 3.63) is 130 Å². The molecule has 0 aliphatic carbocycles. The highest BCUT2D eigenvalue weighted by Gasteiger charge is 2.34. The minimum atomic E-state index is -0.270. The van der Waals surface area contributed by atoms with E-state index in [0.29, 0.717) is 22.4 Å². The molecule has 0 unspecified atom stereocenters. The number of benzene rings is 4. The van der Waals surface area contributed by atoms with Gasteiger partial charge in [-0.2, -0.15) is 0 Å². The number of carbonyl (C=O) groups is 1. The lowest BCUT2D eigenvalue weighted by Crippen LogP contribution is -2.28. The van der Waals surface area contributed by atoms with Crippen LogP contribution in [0.15, 0.2) is 107 Å². The van der Waals surface area contributed by atoms with Crippen molar-refractivity contribution < 1.29 is 13.9 Å². The van der Waals surface area contributed by atoms with Crippen LogP contribution in [0.3, 0.4) is 0 Å². The molecule has 0 spiro atoms. The van der Waals surface area contributed by atoms with E-state index in [9.17, 15) is 9.18 Å². The quantitative estimate of drug-likeness (QED) is 0.249. The number of hydrogen-bond donors (Lipinski definition) is 0. The van der Waals surface area contributed by atoms with Crippen molar-refractivity contribution in [2.45, 2.75) is 20.5 Å². The zero-order valence-electron chi connectivity index (χ0n) is 20.5. The Bertz CT molecular complexity index is 1460. The van der Waals surface area contributed by atoms with E-state index in [2.05, 4.69) is 0 Å². The first-order valence-corrected chi connectivity index (χ1v) is 12.7. The van der Waals surface area contributed by atoms with Crippen molar-refractivity contribution in [2.75, 3.05) is 4.90 Å². The molecule has 1 aliphatic heterocycles. The number of nitrogens with zero attached hydrogens (tertiary/aromatic N) is 2.